The van der Waals surface area contributed by atoms with E-state index in [9.17, 15) is 5.11 Å². The number of benzene rings is 1. The zero-order chi connectivity index (χ0) is 11.9. The molecule has 4 heteroatoms. The molecule has 1 unspecified atom stereocenters. The van der Waals surface area contributed by atoms with Crippen LogP contribution >= 0.6 is 11.3 Å². The second kappa shape index (κ2) is 4.07. The van der Waals surface area contributed by atoms with Crippen LogP contribution in [-0.4, -0.2) is 31.0 Å². The van der Waals surface area contributed by atoms with Crippen LogP contribution in [0.25, 0.3) is 10.1 Å². The van der Waals surface area contributed by atoms with Gasteiger partial charge in [0.05, 0.1) is 24.7 Å². The van der Waals surface area contributed by atoms with Crippen LogP contribution in [0.1, 0.15) is 5.56 Å². The fraction of sp³-hybridized carbons (Fsp3) is 0.385. The van der Waals surface area contributed by atoms with E-state index in [-0.39, 0.29) is 12.0 Å². The Morgan fingerprint density at radius 2 is 2.18 bits per heavy atom. The van der Waals surface area contributed by atoms with Crippen molar-refractivity contribution >= 4 is 21.4 Å². The van der Waals surface area contributed by atoms with E-state index in [1.807, 2.05) is 12.1 Å². The molecule has 0 amide bonds. The number of ether oxygens (including phenoxy) is 1. The van der Waals surface area contributed by atoms with Gasteiger partial charge in [-0.05, 0) is 22.4 Å². The van der Waals surface area contributed by atoms with E-state index in [0.29, 0.717) is 13.2 Å². The van der Waals surface area contributed by atoms with Crippen molar-refractivity contribution < 1.29 is 9.84 Å². The van der Waals surface area contributed by atoms with Gasteiger partial charge in [0.15, 0.2) is 0 Å². The average Bonchev–Trinajstić information content (AvgIpc) is 2.72. The van der Waals surface area contributed by atoms with E-state index in [1.165, 1.54) is 15.6 Å². The third-order valence-corrected chi connectivity index (χ3v) is 4.56. The smallest absolute Gasteiger partial charge is 0.0803 e. The lowest BCUT2D eigenvalue weighted by molar-refractivity contribution is -0.115. The minimum Gasteiger partial charge on any atom is -0.391 e. The van der Waals surface area contributed by atoms with Gasteiger partial charge >= 0.3 is 0 Å². The minimum absolute atomic E-state index is 0.271. The van der Waals surface area contributed by atoms with Crippen molar-refractivity contribution in [3.63, 3.8) is 0 Å². The molecule has 1 aliphatic rings. The monoisotopic (exact) mass is 249 g/mol. The van der Waals surface area contributed by atoms with E-state index in [1.54, 1.807) is 11.3 Å². The van der Waals surface area contributed by atoms with Gasteiger partial charge in [-0.15, -0.1) is 11.3 Å². The molecule has 1 aromatic carbocycles. The third-order valence-electron chi connectivity index (χ3n) is 3.60. The maximum Gasteiger partial charge on any atom is 0.0803 e. The lowest BCUT2D eigenvalue weighted by atomic mass is 9.74. The Bertz CT molecular complexity index is 533. The molecule has 1 fully saturated rings. The van der Waals surface area contributed by atoms with Crippen molar-refractivity contribution in [1.82, 2.24) is 0 Å². The van der Waals surface area contributed by atoms with E-state index in [0.717, 1.165) is 0 Å². The zero-order valence-electron chi connectivity index (χ0n) is 9.43. The summed E-state index contributed by atoms with van der Waals surface area (Å²) in [6.07, 6.45) is -0.533. The molecule has 1 saturated heterocycles. The summed E-state index contributed by atoms with van der Waals surface area (Å²) in [4.78, 5) is 0. The summed E-state index contributed by atoms with van der Waals surface area (Å²) in [5.41, 5.74) is 6.50. The number of fused-ring (bicyclic) bond motifs is 1. The van der Waals surface area contributed by atoms with Crippen LogP contribution in [0.4, 0.5) is 0 Å². The summed E-state index contributed by atoms with van der Waals surface area (Å²) >= 11 is 1.71. The third kappa shape index (κ3) is 1.52. The molecular weight excluding hydrogens is 234 g/mol. The summed E-state index contributed by atoms with van der Waals surface area (Å²) in [6.45, 7) is 1.39. The molecule has 1 atom stereocenters. The number of rotatable bonds is 3. The Kier molecular flexibility index (Phi) is 2.67. The first-order valence-electron chi connectivity index (χ1n) is 5.70. The van der Waals surface area contributed by atoms with E-state index in [4.69, 9.17) is 10.5 Å². The summed E-state index contributed by atoms with van der Waals surface area (Å²) in [5, 5.41) is 13.5. The normalized spacial score (nSPS) is 20.1. The highest BCUT2D eigenvalue weighted by atomic mass is 32.1. The second-order valence-electron chi connectivity index (χ2n) is 4.55. The molecule has 0 spiro atoms. The standard InChI is InChI=1S/C13H15NO2S/c14-5-12(15)13(7-16-8-13)10-6-17-11-4-2-1-3-9(10)11/h1-4,6,12,15H,5,7-8,14H2. The van der Waals surface area contributed by atoms with E-state index in [2.05, 4.69) is 17.5 Å². The van der Waals surface area contributed by atoms with Crippen LogP contribution in [0.15, 0.2) is 29.6 Å². The molecule has 0 saturated carbocycles. The first kappa shape index (κ1) is 11.2. The van der Waals surface area contributed by atoms with Gasteiger partial charge in [0.25, 0.3) is 0 Å². The van der Waals surface area contributed by atoms with Crippen molar-refractivity contribution in [3.8, 4) is 0 Å². The van der Waals surface area contributed by atoms with Crippen LogP contribution in [-0.2, 0) is 10.2 Å². The van der Waals surface area contributed by atoms with E-state index < -0.39 is 6.10 Å². The molecule has 0 aliphatic carbocycles. The Balaban J connectivity index is 2.13. The van der Waals surface area contributed by atoms with Crippen molar-refractivity contribution in [2.24, 2.45) is 5.73 Å². The van der Waals surface area contributed by atoms with Gasteiger partial charge in [-0.1, -0.05) is 18.2 Å². The van der Waals surface area contributed by atoms with Crippen LogP contribution < -0.4 is 5.73 Å². The van der Waals surface area contributed by atoms with Gasteiger partial charge in [0.2, 0.25) is 0 Å². The first-order chi connectivity index (χ1) is 8.28. The van der Waals surface area contributed by atoms with Crippen LogP contribution in [0.3, 0.4) is 0 Å². The van der Waals surface area contributed by atoms with E-state index >= 15 is 0 Å². The van der Waals surface area contributed by atoms with Gasteiger partial charge in [-0.2, -0.15) is 0 Å². The fourth-order valence-electron chi connectivity index (χ4n) is 2.44. The zero-order valence-corrected chi connectivity index (χ0v) is 10.2. The summed E-state index contributed by atoms with van der Waals surface area (Å²) in [7, 11) is 0. The van der Waals surface area contributed by atoms with Gasteiger partial charge in [-0.25, -0.2) is 0 Å². The van der Waals surface area contributed by atoms with Crippen LogP contribution in [0.5, 0.6) is 0 Å². The Morgan fingerprint density at radius 3 is 2.82 bits per heavy atom. The molecule has 3 N–H and O–H groups in total. The number of aliphatic hydroxyl groups is 1. The van der Waals surface area contributed by atoms with Gasteiger partial charge in [0, 0.05) is 11.2 Å². The molecule has 2 heterocycles. The number of hydrogen-bond acceptors (Lipinski definition) is 4. The first-order valence-corrected chi connectivity index (χ1v) is 6.58. The highest BCUT2D eigenvalue weighted by Crippen LogP contribution is 2.41. The second-order valence-corrected chi connectivity index (χ2v) is 5.46. The summed E-state index contributed by atoms with van der Waals surface area (Å²) in [6, 6.07) is 8.27. The molecule has 0 radical (unpaired) electrons. The quantitative estimate of drug-likeness (QED) is 0.866. The number of thiophene rings is 1. The van der Waals surface area contributed by atoms with Crippen LogP contribution in [0.2, 0.25) is 0 Å². The number of hydrogen-bond donors (Lipinski definition) is 2. The molecule has 17 heavy (non-hydrogen) atoms. The van der Waals surface area contributed by atoms with Gasteiger partial charge < -0.3 is 15.6 Å². The maximum atomic E-state index is 10.2. The Morgan fingerprint density at radius 1 is 1.41 bits per heavy atom. The summed E-state index contributed by atoms with van der Waals surface area (Å²) < 4.78 is 6.57. The molecular formula is C13H15NO2S. The maximum absolute atomic E-state index is 10.2. The molecule has 1 aliphatic heterocycles. The fourth-order valence-corrected chi connectivity index (χ4v) is 3.51. The lowest BCUT2D eigenvalue weighted by Crippen LogP contribution is -2.57. The van der Waals surface area contributed by atoms with Crippen molar-refractivity contribution in [1.29, 1.82) is 0 Å². The van der Waals surface area contributed by atoms with Crippen molar-refractivity contribution in [3.05, 3.63) is 35.2 Å². The van der Waals surface area contributed by atoms with Crippen molar-refractivity contribution in [2.75, 3.05) is 19.8 Å². The largest absolute Gasteiger partial charge is 0.391 e. The topological polar surface area (TPSA) is 55.5 Å². The number of aliphatic hydroxyl groups excluding tert-OH is 1. The molecule has 1 aromatic heterocycles. The summed E-state index contributed by atoms with van der Waals surface area (Å²) in [5.74, 6) is 0. The number of nitrogens with two attached hydrogens (primary N) is 1. The lowest BCUT2D eigenvalue weighted by Gasteiger charge is -2.44. The highest BCUT2D eigenvalue weighted by molar-refractivity contribution is 7.17. The predicted molar refractivity (Wildman–Crippen MR) is 69.4 cm³/mol. The SMILES string of the molecule is NCC(O)C1(c2csc3ccccc23)COC1. The highest BCUT2D eigenvalue weighted by Gasteiger charge is 2.47. The van der Waals surface area contributed by atoms with Gasteiger partial charge in [0.1, 0.15) is 0 Å². The molecule has 3 nitrogen and oxygen atoms in total. The van der Waals surface area contributed by atoms with Crippen molar-refractivity contribution in [2.45, 2.75) is 11.5 Å². The van der Waals surface area contributed by atoms with Gasteiger partial charge in [-0.3, -0.25) is 0 Å². The molecule has 3 rings (SSSR count). The molecule has 90 valence electrons. The molecule has 0 bridgehead atoms. The van der Waals surface area contributed by atoms with Crippen LogP contribution in [0, 0.1) is 0 Å². The minimum atomic E-state index is -0.533. The Labute approximate surface area is 104 Å². The molecule has 2 aromatic rings. The Hall–Kier alpha value is -0.940. The predicted octanol–water partition coefficient (Wildman–Crippen LogP) is 1.49. The average molecular weight is 249 g/mol.